The standard InChI is InChI=1S/C29H24F3N5O/c1-36-14-35-25-12-23(26(31)27(32)28(25)36)21-7-4-16(8-22(21)15-2-3-17(13-33)24(30)9-15)29(38)37-19-5-6-20(37)11-18(34)10-19/h2-4,7-9,12,14,18-20H,5-6,10-11,34H2,1H3/t18-,19+,20-. The second-order valence-electron chi connectivity index (χ2n) is 10.2. The fourth-order valence-electron chi connectivity index (χ4n) is 6.06. The molecule has 2 bridgehead atoms. The molecule has 1 aromatic heterocycles. The number of nitrogens with zero attached hydrogens (tertiary/aromatic N) is 4. The number of imidazole rings is 1. The molecule has 6 rings (SSSR count). The summed E-state index contributed by atoms with van der Waals surface area (Å²) in [5.74, 6) is -3.03. The van der Waals surface area contributed by atoms with Gasteiger partial charge < -0.3 is 15.2 Å². The van der Waals surface area contributed by atoms with E-state index in [0.717, 1.165) is 25.7 Å². The summed E-state index contributed by atoms with van der Waals surface area (Å²) in [7, 11) is 1.57. The van der Waals surface area contributed by atoms with E-state index in [9.17, 15) is 9.18 Å². The Morgan fingerprint density at radius 1 is 1.00 bits per heavy atom. The topological polar surface area (TPSA) is 87.9 Å². The lowest BCUT2D eigenvalue weighted by molar-refractivity contribution is 0.0575. The first-order chi connectivity index (χ1) is 18.3. The van der Waals surface area contributed by atoms with Gasteiger partial charge >= 0.3 is 0 Å². The quantitative estimate of drug-likeness (QED) is 0.402. The van der Waals surface area contributed by atoms with E-state index < -0.39 is 17.5 Å². The molecule has 1 amide bonds. The highest BCUT2D eigenvalue weighted by Crippen LogP contribution is 2.40. The number of carbonyl (C=O) groups excluding carboxylic acids is 1. The summed E-state index contributed by atoms with van der Waals surface area (Å²) in [4.78, 5) is 19.7. The van der Waals surface area contributed by atoms with E-state index in [1.807, 2.05) is 4.90 Å². The maximum absolute atomic E-state index is 15.4. The Bertz CT molecular complexity index is 1640. The lowest BCUT2D eigenvalue weighted by atomic mass is 9.90. The van der Waals surface area contributed by atoms with Crippen molar-refractivity contribution in [3.63, 3.8) is 0 Å². The Kier molecular flexibility index (Phi) is 5.73. The highest BCUT2D eigenvalue weighted by atomic mass is 19.2. The average Bonchev–Trinajstić information content (AvgIpc) is 3.41. The molecule has 2 aliphatic rings. The van der Waals surface area contributed by atoms with Crippen molar-refractivity contribution < 1.29 is 18.0 Å². The molecule has 2 N–H and O–H groups in total. The van der Waals surface area contributed by atoms with Crippen LogP contribution in [0.5, 0.6) is 0 Å². The molecule has 2 saturated heterocycles. The molecular weight excluding hydrogens is 491 g/mol. The van der Waals surface area contributed by atoms with Gasteiger partial charge in [-0.2, -0.15) is 5.26 Å². The highest BCUT2D eigenvalue weighted by Gasteiger charge is 2.42. The largest absolute Gasteiger partial charge is 0.333 e. The SMILES string of the molecule is Cn1cnc2cc(-c3ccc(C(=O)N4[C@@H]5CC[C@H]4C[C@@H](N)C5)cc3-c3ccc(C#N)c(F)c3)c(F)c(F)c21. The molecule has 0 unspecified atom stereocenters. The summed E-state index contributed by atoms with van der Waals surface area (Å²) in [5.41, 5.74) is 7.58. The lowest BCUT2D eigenvalue weighted by Crippen LogP contribution is -2.50. The van der Waals surface area contributed by atoms with Crippen LogP contribution in [0.1, 0.15) is 41.6 Å². The summed E-state index contributed by atoms with van der Waals surface area (Å²) in [5, 5.41) is 9.17. The molecule has 3 heterocycles. The third-order valence-electron chi connectivity index (χ3n) is 7.84. The molecule has 38 heavy (non-hydrogen) atoms. The van der Waals surface area contributed by atoms with Crippen molar-refractivity contribution in [3.8, 4) is 28.3 Å². The molecule has 0 spiro atoms. The number of hydrogen-bond donors (Lipinski definition) is 1. The molecule has 0 aliphatic carbocycles. The van der Waals surface area contributed by atoms with Gasteiger partial charge in [0.1, 0.15) is 17.4 Å². The number of halogens is 3. The molecule has 3 aromatic carbocycles. The molecule has 9 heteroatoms. The van der Waals surface area contributed by atoms with Crippen molar-refractivity contribution in [1.82, 2.24) is 14.5 Å². The van der Waals surface area contributed by atoms with Crippen LogP contribution in [0.4, 0.5) is 13.2 Å². The van der Waals surface area contributed by atoms with Gasteiger partial charge in [0.25, 0.3) is 5.91 Å². The van der Waals surface area contributed by atoms with Crippen LogP contribution < -0.4 is 5.73 Å². The van der Waals surface area contributed by atoms with Gasteiger partial charge in [0.2, 0.25) is 0 Å². The first kappa shape index (κ1) is 24.2. The smallest absolute Gasteiger partial charge is 0.254 e. The molecule has 2 fully saturated rings. The van der Waals surface area contributed by atoms with Crippen LogP contribution in [-0.4, -0.2) is 38.5 Å². The fourth-order valence-corrected chi connectivity index (χ4v) is 6.06. The van der Waals surface area contributed by atoms with Crippen LogP contribution in [0.15, 0.2) is 48.8 Å². The zero-order valence-corrected chi connectivity index (χ0v) is 20.6. The van der Waals surface area contributed by atoms with Crippen molar-refractivity contribution in [2.24, 2.45) is 12.8 Å². The minimum Gasteiger partial charge on any atom is -0.333 e. The fraction of sp³-hybridized carbons (Fsp3) is 0.276. The third-order valence-corrected chi connectivity index (χ3v) is 7.84. The van der Waals surface area contributed by atoms with E-state index >= 15 is 8.78 Å². The maximum Gasteiger partial charge on any atom is 0.254 e. The number of nitrogens with two attached hydrogens (primary N) is 1. The van der Waals surface area contributed by atoms with Gasteiger partial charge in [-0.05, 0) is 72.7 Å². The van der Waals surface area contributed by atoms with Crippen molar-refractivity contribution in [2.45, 2.75) is 43.8 Å². The number of aryl methyl sites for hydroxylation is 1. The monoisotopic (exact) mass is 515 g/mol. The second kappa shape index (κ2) is 8.99. The van der Waals surface area contributed by atoms with Crippen LogP contribution in [0.2, 0.25) is 0 Å². The number of amides is 1. The van der Waals surface area contributed by atoms with E-state index in [1.54, 1.807) is 31.3 Å². The zero-order chi connectivity index (χ0) is 26.7. The van der Waals surface area contributed by atoms with Crippen LogP contribution in [-0.2, 0) is 7.05 Å². The highest BCUT2D eigenvalue weighted by molar-refractivity contribution is 5.99. The Labute approximate surface area is 217 Å². The molecule has 0 saturated carbocycles. The zero-order valence-electron chi connectivity index (χ0n) is 20.6. The van der Waals surface area contributed by atoms with E-state index in [-0.39, 0.29) is 51.8 Å². The summed E-state index contributed by atoms with van der Waals surface area (Å²) in [6.07, 6.45) is 4.66. The first-order valence-corrected chi connectivity index (χ1v) is 12.5. The first-order valence-electron chi connectivity index (χ1n) is 12.5. The number of nitriles is 1. The summed E-state index contributed by atoms with van der Waals surface area (Å²) < 4.78 is 46.6. The van der Waals surface area contributed by atoms with E-state index in [1.165, 1.54) is 35.2 Å². The predicted molar refractivity (Wildman–Crippen MR) is 136 cm³/mol. The Morgan fingerprint density at radius 2 is 1.74 bits per heavy atom. The Hall–Kier alpha value is -4.16. The summed E-state index contributed by atoms with van der Waals surface area (Å²) in [6.45, 7) is 0. The number of fused-ring (bicyclic) bond motifs is 3. The number of piperidine rings is 1. The lowest BCUT2D eigenvalue weighted by Gasteiger charge is -2.38. The molecule has 0 radical (unpaired) electrons. The van der Waals surface area contributed by atoms with E-state index in [2.05, 4.69) is 4.98 Å². The Morgan fingerprint density at radius 3 is 2.42 bits per heavy atom. The van der Waals surface area contributed by atoms with Crippen LogP contribution in [0.25, 0.3) is 33.3 Å². The van der Waals surface area contributed by atoms with E-state index in [0.29, 0.717) is 16.7 Å². The number of carbonyl (C=O) groups is 1. The van der Waals surface area contributed by atoms with Gasteiger partial charge in [0.15, 0.2) is 11.6 Å². The minimum absolute atomic E-state index is 0.0304. The van der Waals surface area contributed by atoms with Gasteiger partial charge in [-0.25, -0.2) is 18.2 Å². The van der Waals surface area contributed by atoms with Gasteiger partial charge in [-0.15, -0.1) is 0 Å². The van der Waals surface area contributed by atoms with Crippen LogP contribution >= 0.6 is 0 Å². The van der Waals surface area contributed by atoms with Crippen molar-refractivity contribution in [1.29, 1.82) is 5.26 Å². The second-order valence-corrected chi connectivity index (χ2v) is 10.2. The van der Waals surface area contributed by atoms with Gasteiger partial charge in [-0.1, -0.05) is 12.1 Å². The molecule has 4 aromatic rings. The molecule has 2 aliphatic heterocycles. The summed E-state index contributed by atoms with van der Waals surface area (Å²) in [6, 6.07) is 12.2. The molecule has 3 atom stereocenters. The number of rotatable bonds is 3. The molecular formula is C29H24F3N5O. The maximum atomic E-state index is 15.4. The predicted octanol–water partition coefficient (Wildman–Crippen LogP) is 5.29. The normalized spacial score (nSPS) is 20.6. The van der Waals surface area contributed by atoms with Gasteiger partial charge in [0.05, 0.1) is 17.4 Å². The van der Waals surface area contributed by atoms with E-state index in [4.69, 9.17) is 11.0 Å². The summed E-state index contributed by atoms with van der Waals surface area (Å²) >= 11 is 0. The van der Waals surface area contributed by atoms with Crippen molar-refractivity contribution in [2.75, 3.05) is 0 Å². The van der Waals surface area contributed by atoms with Crippen LogP contribution in [0, 0.1) is 28.8 Å². The van der Waals surface area contributed by atoms with Crippen molar-refractivity contribution in [3.05, 3.63) is 77.4 Å². The molecule has 6 nitrogen and oxygen atoms in total. The Balaban J connectivity index is 1.52. The van der Waals surface area contributed by atoms with Crippen molar-refractivity contribution >= 4 is 16.9 Å². The number of aromatic nitrogens is 2. The van der Waals surface area contributed by atoms with Crippen LogP contribution in [0.3, 0.4) is 0 Å². The van der Waals surface area contributed by atoms with Gasteiger partial charge in [0, 0.05) is 36.3 Å². The number of hydrogen-bond acceptors (Lipinski definition) is 4. The van der Waals surface area contributed by atoms with Gasteiger partial charge in [-0.3, -0.25) is 4.79 Å². The number of benzene rings is 3. The average molecular weight is 516 g/mol. The molecule has 192 valence electrons. The minimum atomic E-state index is -1.07. The third kappa shape index (κ3) is 3.75.